The maximum atomic E-state index is 13.6. The van der Waals surface area contributed by atoms with E-state index >= 15 is 0 Å². The summed E-state index contributed by atoms with van der Waals surface area (Å²) in [4.78, 5) is 14.0. The molecule has 0 saturated heterocycles. The Labute approximate surface area is 116 Å². The second kappa shape index (κ2) is 5.36. The first-order chi connectivity index (χ1) is 9.74. The summed E-state index contributed by atoms with van der Waals surface area (Å²) in [5, 5.41) is 2.61. The van der Waals surface area contributed by atoms with Crippen LogP contribution in [0.15, 0.2) is 47.1 Å². The molecule has 5 heteroatoms. The van der Waals surface area contributed by atoms with E-state index in [1.807, 2.05) is 6.07 Å². The Morgan fingerprint density at radius 2 is 2.10 bits per heavy atom. The number of anilines is 1. The molecular formula is C15H15FN2O2. The Morgan fingerprint density at radius 1 is 1.30 bits per heavy atom. The first kappa shape index (κ1) is 12.7. The molecule has 1 aromatic carbocycles. The van der Waals surface area contributed by atoms with Gasteiger partial charge < -0.3 is 14.6 Å². The van der Waals surface area contributed by atoms with Crippen LogP contribution in [0.2, 0.25) is 0 Å². The van der Waals surface area contributed by atoms with Crippen molar-refractivity contribution in [2.24, 2.45) is 0 Å². The molecule has 0 spiro atoms. The summed E-state index contributed by atoms with van der Waals surface area (Å²) in [6, 6.07) is 9.68. The molecule has 0 bridgehead atoms. The van der Waals surface area contributed by atoms with Crippen LogP contribution in [0, 0.1) is 5.82 Å². The molecule has 4 nitrogen and oxygen atoms in total. The molecule has 1 fully saturated rings. The Hall–Kier alpha value is -2.30. The first-order valence-corrected chi connectivity index (χ1v) is 6.58. The first-order valence-electron chi connectivity index (χ1n) is 6.58. The lowest BCUT2D eigenvalue weighted by Gasteiger charge is -2.21. The third kappa shape index (κ3) is 2.82. The number of halogens is 1. The minimum atomic E-state index is -0.436. The van der Waals surface area contributed by atoms with E-state index in [9.17, 15) is 9.18 Å². The van der Waals surface area contributed by atoms with Crippen molar-refractivity contribution < 1.29 is 13.6 Å². The average Bonchev–Trinajstić information content (AvgIpc) is 3.15. The molecule has 1 aliphatic rings. The fraction of sp³-hybridized carbons (Fsp3) is 0.267. The molecule has 0 atom stereocenters. The van der Waals surface area contributed by atoms with Gasteiger partial charge in [-0.2, -0.15) is 0 Å². The Morgan fingerprint density at radius 3 is 2.75 bits per heavy atom. The Bertz CT molecular complexity index is 594. The van der Waals surface area contributed by atoms with E-state index < -0.39 is 5.82 Å². The van der Waals surface area contributed by atoms with Gasteiger partial charge in [0.15, 0.2) is 0 Å². The minimum absolute atomic E-state index is 0.197. The number of carbonyl (C=O) groups is 1. The molecule has 3 rings (SSSR count). The summed E-state index contributed by atoms with van der Waals surface area (Å²) in [5.74, 6) is 0.287. The van der Waals surface area contributed by atoms with Crippen LogP contribution in [0.1, 0.15) is 18.6 Å². The number of rotatable bonds is 4. The van der Waals surface area contributed by atoms with Crippen LogP contribution in [-0.4, -0.2) is 17.0 Å². The molecule has 20 heavy (non-hydrogen) atoms. The van der Waals surface area contributed by atoms with E-state index in [2.05, 4.69) is 5.32 Å². The third-order valence-electron chi connectivity index (χ3n) is 3.27. The van der Waals surface area contributed by atoms with E-state index in [4.69, 9.17) is 4.42 Å². The molecule has 1 saturated carbocycles. The summed E-state index contributed by atoms with van der Waals surface area (Å²) < 4.78 is 18.8. The van der Waals surface area contributed by atoms with Gasteiger partial charge in [-0.25, -0.2) is 9.18 Å². The number of benzene rings is 1. The second-order valence-corrected chi connectivity index (χ2v) is 4.85. The zero-order chi connectivity index (χ0) is 13.9. The van der Waals surface area contributed by atoms with Crippen molar-refractivity contribution in [3.05, 3.63) is 54.2 Å². The highest BCUT2D eigenvalue weighted by atomic mass is 19.1. The summed E-state index contributed by atoms with van der Waals surface area (Å²) in [6.45, 7) is 0.401. The number of furan rings is 1. The van der Waals surface area contributed by atoms with Gasteiger partial charge in [0.1, 0.15) is 11.6 Å². The van der Waals surface area contributed by atoms with Gasteiger partial charge in [0.25, 0.3) is 0 Å². The van der Waals surface area contributed by atoms with Gasteiger partial charge in [-0.3, -0.25) is 0 Å². The number of para-hydroxylation sites is 1. The molecule has 0 unspecified atom stereocenters. The molecular weight excluding hydrogens is 259 g/mol. The summed E-state index contributed by atoms with van der Waals surface area (Å²) >= 11 is 0. The minimum Gasteiger partial charge on any atom is -0.467 e. The molecule has 2 aromatic rings. The zero-order valence-electron chi connectivity index (χ0n) is 10.9. The standard InChI is InChI=1S/C15H15FN2O2/c16-13-5-1-2-6-14(13)17-15(19)18(11-7-8-11)10-12-4-3-9-20-12/h1-6,9,11H,7-8,10H2,(H,17,19). The average molecular weight is 274 g/mol. The van der Waals surface area contributed by atoms with Crippen molar-refractivity contribution in [3.63, 3.8) is 0 Å². The zero-order valence-corrected chi connectivity index (χ0v) is 10.9. The van der Waals surface area contributed by atoms with E-state index in [0.29, 0.717) is 6.54 Å². The summed E-state index contributed by atoms with van der Waals surface area (Å²) in [6.07, 6.45) is 3.53. The number of urea groups is 1. The highest BCUT2D eigenvalue weighted by molar-refractivity contribution is 5.89. The van der Waals surface area contributed by atoms with Crippen LogP contribution in [0.3, 0.4) is 0 Å². The topological polar surface area (TPSA) is 45.5 Å². The molecule has 0 aliphatic heterocycles. The molecule has 1 aromatic heterocycles. The number of hydrogen-bond acceptors (Lipinski definition) is 2. The number of nitrogens with zero attached hydrogens (tertiary/aromatic N) is 1. The lowest BCUT2D eigenvalue weighted by molar-refractivity contribution is 0.200. The number of nitrogens with one attached hydrogen (secondary N) is 1. The van der Waals surface area contributed by atoms with E-state index in [1.165, 1.54) is 6.07 Å². The Kier molecular flexibility index (Phi) is 3.41. The van der Waals surface area contributed by atoms with Crippen molar-refractivity contribution >= 4 is 11.7 Å². The van der Waals surface area contributed by atoms with Crippen molar-refractivity contribution in [2.75, 3.05) is 5.32 Å². The fourth-order valence-electron chi connectivity index (χ4n) is 2.07. The SMILES string of the molecule is O=C(Nc1ccccc1F)N(Cc1ccco1)C1CC1. The van der Waals surface area contributed by atoms with Crippen LogP contribution in [-0.2, 0) is 6.54 Å². The van der Waals surface area contributed by atoms with E-state index in [1.54, 1.807) is 35.4 Å². The lowest BCUT2D eigenvalue weighted by Crippen LogP contribution is -2.36. The smallest absolute Gasteiger partial charge is 0.322 e. The van der Waals surface area contributed by atoms with Crippen molar-refractivity contribution in [2.45, 2.75) is 25.4 Å². The maximum absolute atomic E-state index is 13.6. The second-order valence-electron chi connectivity index (χ2n) is 4.85. The molecule has 1 heterocycles. The monoisotopic (exact) mass is 274 g/mol. The highest BCUT2D eigenvalue weighted by Crippen LogP contribution is 2.29. The molecule has 0 radical (unpaired) electrons. The van der Waals surface area contributed by atoms with Gasteiger partial charge in [0.2, 0.25) is 0 Å². The largest absolute Gasteiger partial charge is 0.467 e. The predicted molar refractivity (Wildman–Crippen MR) is 72.7 cm³/mol. The van der Waals surface area contributed by atoms with Gasteiger partial charge in [-0.15, -0.1) is 0 Å². The normalized spacial score (nSPS) is 14.1. The van der Waals surface area contributed by atoms with Crippen LogP contribution in [0.4, 0.5) is 14.9 Å². The fourth-order valence-corrected chi connectivity index (χ4v) is 2.07. The number of amides is 2. The van der Waals surface area contributed by atoms with Crippen LogP contribution in [0.5, 0.6) is 0 Å². The number of hydrogen-bond donors (Lipinski definition) is 1. The quantitative estimate of drug-likeness (QED) is 0.925. The molecule has 104 valence electrons. The third-order valence-corrected chi connectivity index (χ3v) is 3.27. The summed E-state index contributed by atoms with van der Waals surface area (Å²) in [7, 11) is 0. The molecule has 2 amide bonds. The summed E-state index contributed by atoms with van der Waals surface area (Å²) in [5.41, 5.74) is 0.197. The molecule has 1 N–H and O–H groups in total. The van der Waals surface area contributed by atoms with Gasteiger partial charge in [0.05, 0.1) is 18.5 Å². The van der Waals surface area contributed by atoms with Crippen LogP contribution >= 0.6 is 0 Å². The number of carbonyl (C=O) groups excluding carboxylic acids is 1. The molecule has 1 aliphatic carbocycles. The van der Waals surface area contributed by atoms with Crippen molar-refractivity contribution in [1.29, 1.82) is 0 Å². The maximum Gasteiger partial charge on any atom is 0.322 e. The van der Waals surface area contributed by atoms with E-state index in [0.717, 1.165) is 18.6 Å². The van der Waals surface area contributed by atoms with Crippen molar-refractivity contribution in [3.8, 4) is 0 Å². The van der Waals surface area contributed by atoms with Gasteiger partial charge in [0, 0.05) is 6.04 Å². The van der Waals surface area contributed by atoms with Gasteiger partial charge >= 0.3 is 6.03 Å². The van der Waals surface area contributed by atoms with Gasteiger partial charge in [-0.1, -0.05) is 12.1 Å². The lowest BCUT2D eigenvalue weighted by atomic mass is 10.3. The Balaban J connectivity index is 1.71. The van der Waals surface area contributed by atoms with Gasteiger partial charge in [-0.05, 0) is 37.1 Å². The van der Waals surface area contributed by atoms with Crippen molar-refractivity contribution in [1.82, 2.24) is 4.90 Å². The van der Waals surface area contributed by atoms with E-state index in [-0.39, 0.29) is 17.8 Å². The predicted octanol–water partition coefficient (Wildman–Crippen LogP) is 3.62. The highest BCUT2D eigenvalue weighted by Gasteiger charge is 2.33. The van der Waals surface area contributed by atoms with Crippen LogP contribution < -0.4 is 5.32 Å². The van der Waals surface area contributed by atoms with Crippen LogP contribution in [0.25, 0.3) is 0 Å².